The number of hydrogen-bond acceptors (Lipinski definition) is 4. The molecule has 0 aliphatic rings. The number of amides is 3. The molecule has 5 aromatic carbocycles. The van der Waals surface area contributed by atoms with Crippen LogP contribution in [-0.4, -0.2) is 17.7 Å². The second kappa shape index (κ2) is 15.5. The van der Waals surface area contributed by atoms with E-state index in [4.69, 9.17) is 23.2 Å². The Hall–Kier alpha value is -4.82. The van der Waals surface area contributed by atoms with Crippen LogP contribution in [0.4, 0.5) is 11.4 Å². The molecule has 46 heavy (non-hydrogen) atoms. The molecule has 0 saturated carbocycles. The molecule has 1 unspecified atom stereocenters. The van der Waals surface area contributed by atoms with Gasteiger partial charge in [0.25, 0.3) is 11.8 Å². The monoisotopic (exact) mass is 665 g/mol. The fourth-order valence-electron chi connectivity index (χ4n) is 4.45. The van der Waals surface area contributed by atoms with Crippen molar-refractivity contribution in [3.63, 3.8) is 0 Å². The molecule has 0 spiro atoms. The minimum Gasteiger partial charge on any atom is -0.325 e. The van der Waals surface area contributed by atoms with Crippen molar-refractivity contribution in [3.05, 3.63) is 165 Å². The van der Waals surface area contributed by atoms with Gasteiger partial charge in [0.05, 0.1) is 0 Å². The molecule has 1 atom stereocenters. The van der Waals surface area contributed by atoms with E-state index in [0.29, 0.717) is 32.5 Å². The SMILES string of the molecule is Cc1ccc(Cl)cc1NC(=O)C(Sc1ccc(NC(=O)/C(=C/c2ccc(Cl)cc2)NC(=O)c2ccccc2)cc1)c1ccccc1. The van der Waals surface area contributed by atoms with Gasteiger partial charge in [0.15, 0.2) is 0 Å². The van der Waals surface area contributed by atoms with E-state index >= 15 is 0 Å². The molecule has 6 nitrogen and oxygen atoms in total. The third-order valence-corrected chi connectivity index (χ3v) is 8.63. The van der Waals surface area contributed by atoms with Gasteiger partial charge in [0.1, 0.15) is 10.9 Å². The zero-order chi connectivity index (χ0) is 32.5. The highest BCUT2D eigenvalue weighted by Crippen LogP contribution is 2.37. The van der Waals surface area contributed by atoms with Gasteiger partial charge in [-0.1, -0.05) is 89.9 Å². The number of nitrogens with one attached hydrogen (secondary N) is 3. The number of benzene rings is 5. The molecule has 0 fully saturated rings. The first-order valence-corrected chi connectivity index (χ1v) is 15.9. The molecule has 0 heterocycles. The fraction of sp³-hybridized carbons (Fsp3) is 0.0541. The number of anilines is 2. The van der Waals surface area contributed by atoms with Crippen molar-refractivity contribution in [1.29, 1.82) is 0 Å². The van der Waals surface area contributed by atoms with E-state index in [0.717, 1.165) is 16.0 Å². The fourth-order valence-corrected chi connectivity index (χ4v) is 5.77. The van der Waals surface area contributed by atoms with Gasteiger partial charge in [-0.15, -0.1) is 11.8 Å². The lowest BCUT2D eigenvalue weighted by Gasteiger charge is -2.18. The Labute approximate surface area is 281 Å². The second-order valence-corrected chi connectivity index (χ2v) is 12.3. The molecule has 0 aromatic heterocycles. The molecule has 5 rings (SSSR count). The lowest BCUT2D eigenvalue weighted by molar-refractivity contribution is -0.116. The largest absolute Gasteiger partial charge is 0.325 e. The van der Waals surface area contributed by atoms with Crippen LogP contribution in [-0.2, 0) is 9.59 Å². The predicted octanol–water partition coefficient (Wildman–Crippen LogP) is 9.18. The van der Waals surface area contributed by atoms with Gasteiger partial charge >= 0.3 is 0 Å². The molecule has 3 amide bonds. The van der Waals surface area contributed by atoms with Gasteiger partial charge < -0.3 is 16.0 Å². The number of aryl methyl sites for hydroxylation is 1. The Morgan fingerprint density at radius 1 is 0.717 bits per heavy atom. The van der Waals surface area contributed by atoms with Crippen LogP contribution in [0, 0.1) is 6.92 Å². The lowest BCUT2D eigenvalue weighted by Crippen LogP contribution is -2.30. The molecule has 230 valence electrons. The Balaban J connectivity index is 1.33. The van der Waals surface area contributed by atoms with Gasteiger partial charge in [-0.2, -0.15) is 0 Å². The number of carbonyl (C=O) groups is 3. The van der Waals surface area contributed by atoms with Crippen LogP contribution in [0.2, 0.25) is 10.0 Å². The van der Waals surface area contributed by atoms with Crippen LogP contribution in [0.1, 0.15) is 32.3 Å². The van der Waals surface area contributed by atoms with Gasteiger partial charge in [0, 0.05) is 31.9 Å². The number of halogens is 2. The quantitative estimate of drug-likeness (QED) is 0.103. The zero-order valence-corrected chi connectivity index (χ0v) is 27.0. The molecule has 9 heteroatoms. The maximum absolute atomic E-state index is 13.5. The van der Waals surface area contributed by atoms with Gasteiger partial charge in [-0.05, 0) is 90.4 Å². The molecule has 3 N–H and O–H groups in total. The van der Waals surface area contributed by atoms with Crippen LogP contribution >= 0.6 is 35.0 Å². The highest BCUT2D eigenvalue weighted by Gasteiger charge is 2.23. The summed E-state index contributed by atoms with van der Waals surface area (Å²) in [6.45, 7) is 1.91. The number of hydrogen-bond donors (Lipinski definition) is 3. The minimum atomic E-state index is -0.554. The standard InChI is InChI=1S/C37H29Cl2N3O3S/c1-24-12-15-29(39)23-32(24)41-37(45)34(26-8-4-2-5-9-26)46-31-20-18-30(19-21-31)40-36(44)33(22-25-13-16-28(38)17-14-25)42-35(43)27-10-6-3-7-11-27/h2-23,34H,1H3,(H,40,44)(H,41,45)(H,42,43)/b33-22-. The summed E-state index contributed by atoms with van der Waals surface area (Å²) >= 11 is 13.6. The maximum Gasteiger partial charge on any atom is 0.272 e. The predicted molar refractivity (Wildman–Crippen MR) is 188 cm³/mol. The van der Waals surface area contributed by atoms with E-state index in [1.54, 1.807) is 78.9 Å². The zero-order valence-electron chi connectivity index (χ0n) is 24.7. The van der Waals surface area contributed by atoms with E-state index in [-0.39, 0.29) is 11.6 Å². The number of thioether (sulfide) groups is 1. The van der Waals surface area contributed by atoms with E-state index in [1.165, 1.54) is 11.8 Å². The first-order valence-electron chi connectivity index (χ1n) is 14.3. The average Bonchev–Trinajstić information content (AvgIpc) is 3.07. The Morgan fingerprint density at radius 2 is 1.35 bits per heavy atom. The normalized spacial score (nSPS) is 11.8. The Kier molecular flexibility index (Phi) is 10.9. The first-order chi connectivity index (χ1) is 22.2. The van der Waals surface area contributed by atoms with Crippen LogP contribution in [0.25, 0.3) is 6.08 Å². The molecule has 0 aliphatic carbocycles. The van der Waals surface area contributed by atoms with Crippen molar-refractivity contribution in [2.24, 2.45) is 0 Å². The van der Waals surface area contributed by atoms with Crippen LogP contribution in [0.15, 0.2) is 138 Å². The lowest BCUT2D eigenvalue weighted by atomic mass is 10.1. The Bertz CT molecular complexity index is 1860. The summed E-state index contributed by atoms with van der Waals surface area (Å²) in [5.41, 5.74) is 4.08. The topological polar surface area (TPSA) is 87.3 Å². The summed E-state index contributed by atoms with van der Waals surface area (Å²) in [5, 5.41) is 9.15. The molecule has 0 saturated heterocycles. The number of rotatable bonds is 10. The van der Waals surface area contributed by atoms with Crippen molar-refractivity contribution in [1.82, 2.24) is 5.32 Å². The third kappa shape index (κ3) is 8.88. The summed E-state index contributed by atoms with van der Waals surface area (Å²) < 4.78 is 0. The van der Waals surface area contributed by atoms with Crippen LogP contribution in [0.3, 0.4) is 0 Å². The van der Waals surface area contributed by atoms with Crippen LogP contribution < -0.4 is 16.0 Å². The van der Waals surface area contributed by atoms with Gasteiger partial charge in [0.2, 0.25) is 5.91 Å². The molecular formula is C37H29Cl2N3O3S. The smallest absolute Gasteiger partial charge is 0.272 e. The summed E-state index contributed by atoms with van der Waals surface area (Å²) in [7, 11) is 0. The van der Waals surface area contributed by atoms with Gasteiger partial charge in [-0.25, -0.2) is 0 Å². The highest BCUT2D eigenvalue weighted by molar-refractivity contribution is 8.00. The summed E-state index contributed by atoms with van der Waals surface area (Å²) in [5.74, 6) is -1.11. The summed E-state index contributed by atoms with van der Waals surface area (Å²) in [4.78, 5) is 40.7. The average molecular weight is 667 g/mol. The molecular weight excluding hydrogens is 637 g/mol. The maximum atomic E-state index is 13.5. The molecule has 0 radical (unpaired) electrons. The third-order valence-electron chi connectivity index (χ3n) is 6.87. The number of carbonyl (C=O) groups excluding carboxylic acids is 3. The molecule has 0 bridgehead atoms. The molecule has 0 aliphatic heterocycles. The van der Waals surface area contributed by atoms with Crippen molar-refractivity contribution < 1.29 is 14.4 Å². The summed E-state index contributed by atoms with van der Waals surface area (Å²) in [6, 6.07) is 37.6. The van der Waals surface area contributed by atoms with E-state index in [1.807, 2.05) is 61.5 Å². The Morgan fingerprint density at radius 3 is 2.02 bits per heavy atom. The van der Waals surface area contributed by atoms with E-state index < -0.39 is 17.1 Å². The van der Waals surface area contributed by atoms with Crippen LogP contribution in [0.5, 0.6) is 0 Å². The first kappa shape index (κ1) is 32.6. The van der Waals surface area contributed by atoms with E-state index in [2.05, 4.69) is 16.0 Å². The van der Waals surface area contributed by atoms with Gasteiger partial charge in [-0.3, -0.25) is 14.4 Å². The van der Waals surface area contributed by atoms with Crippen molar-refractivity contribution >= 4 is 70.1 Å². The molecule has 5 aromatic rings. The van der Waals surface area contributed by atoms with Crippen molar-refractivity contribution in [2.75, 3.05) is 10.6 Å². The van der Waals surface area contributed by atoms with E-state index in [9.17, 15) is 14.4 Å². The second-order valence-electron chi connectivity index (χ2n) is 10.3. The summed E-state index contributed by atoms with van der Waals surface area (Å²) in [6.07, 6.45) is 1.58. The van der Waals surface area contributed by atoms with Crippen molar-refractivity contribution in [2.45, 2.75) is 17.1 Å². The minimum absolute atomic E-state index is 0.0618. The van der Waals surface area contributed by atoms with Crippen molar-refractivity contribution in [3.8, 4) is 0 Å². The highest BCUT2D eigenvalue weighted by atomic mass is 35.5.